The third-order valence-electron chi connectivity index (χ3n) is 2.24. The lowest BCUT2D eigenvalue weighted by atomic mass is 10.1. The zero-order valence-corrected chi connectivity index (χ0v) is 8.66. The van der Waals surface area contributed by atoms with Crippen LogP contribution in [0, 0.1) is 5.95 Å². The van der Waals surface area contributed by atoms with Crippen molar-refractivity contribution in [2.75, 3.05) is 0 Å². The van der Waals surface area contributed by atoms with E-state index >= 15 is 0 Å². The van der Waals surface area contributed by atoms with Gasteiger partial charge in [0.2, 0.25) is 5.95 Å². The Morgan fingerprint density at radius 2 is 2.13 bits per heavy atom. The highest BCUT2D eigenvalue weighted by molar-refractivity contribution is 5.49. The molecule has 0 aliphatic heterocycles. The average molecular weight is 205 g/mol. The summed E-state index contributed by atoms with van der Waals surface area (Å²) in [6, 6.07) is 3.53. The summed E-state index contributed by atoms with van der Waals surface area (Å²) in [6.07, 6.45) is 3.30. The molecule has 1 N–H and O–H groups in total. The van der Waals surface area contributed by atoms with Crippen LogP contribution in [0.1, 0.15) is 25.3 Å². The SMILES string of the molecule is CC(C)c1ccc(-c2ncc[nH]2)nc1F. The van der Waals surface area contributed by atoms with Crippen LogP contribution in [-0.4, -0.2) is 15.0 Å². The number of H-pyrrole nitrogens is 1. The number of nitrogens with one attached hydrogen (secondary N) is 1. The van der Waals surface area contributed by atoms with Gasteiger partial charge in [-0.25, -0.2) is 9.97 Å². The predicted octanol–water partition coefficient (Wildman–Crippen LogP) is 2.73. The second-order valence-electron chi connectivity index (χ2n) is 3.67. The molecule has 2 aromatic rings. The lowest BCUT2D eigenvalue weighted by Crippen LogP contribution is -1.98. The predicted molar refractivity (Wildman–Crippen MR) is 55.9 cm³/mol. The maximum absolute atomic E-state index is 13.5. The number of aromatic amines is 1. The normalized spacial score (nSPS) is 10.9. The summed E-state index contributed by atoms with van der Waals surface area (Å²) in [5.74, 6) is 0.311. The molecule has 0 aliphatic carbocycles. The van der Waals surface area contributed by atoms with Gasteiger partial charge in [0, 0.05) is 18.0 Å². The summed E-state index contributed by atoms with van der Waals surface area (Å²) in [4.78, 5) is 10.8. The fraction of sp³-hybridized carbons (Fsp3) is 0.273. The number of hydrogen-bond donors (Lipinski definition) is 1. The minimum Gasteiger partial charge on any atom is -0.343 e. The lowest BCUT2D eigenvalue weighted by Gasteiger charge is -2.06. The largest absolute Gasteiger partial charge is 0.343 e. The van der Waals surface area contributed by atoms with Gasteiger partial charge in [0.1, 0.15) is 5.69 Å². The van der Waals surface area contributed by atoms with Gasteiger partial charge in [0.15, 0.2) is 5.82 Å². The van der Waals surface area contributed by atoms with Gasteiger partial charge in [-0.1, -0.05) is 19.9 Å². The van der Waals surface area contributed by atoms with Crippen LogP contribution in [0.2, 0.25) is 0 Å². The Morgan fingerprint density at radius 1 is 1.33 bits per heavy atom. The Bertz CT molecular complexity index is 449. The van der Waals surface area contributed by atoms with E-state index in [0.29, 0.717) is 17.1 Å². The summed E-state index contributed by atoms with van der Waals surface area (Å²) in [5, 5.41) is 0. The molecule has 0 unspecified atom stereocenters. The van der Waals surface area contributed by atoms with Gasteiger partial charge in [-0.05, 0) is 12.0 Å². The molecule has 15 heavy (non-hydrogen) atoms. The number of rotatable bonds is 2. The van der Waals surface area contributed by atoms with E-state index in [1.54, 1.807) is 24.5 Å². The number of hydrogen-bond acceptors (Lipinski definition) is 2. The molecule has 2 aromatic heterocycles. The van der Waals surface area contributed by atoms with Crippen LogP contribution in [-0.2, 0) is 0 Å². The molecule has 2 rings (SSSR count). The number of pyridine rings is 1. The van der Waals surface area contributed by atoms with Gasteiger partial charge < -0.3 is 4.98 Å². The molecule has 0 saturated carbocycles. The number of halogens is 1. The average Bonchev–Trinajstić information content (AvgIpc) is 2.69. The van der Waals surface area contributed by atoms with Gasteiger partial charge in [-0.2, -0.15) is 4.39 Å². The number of aromatic nitrogens is 3. The first kappa shape index (κ1) is 9.83. The molecule has 0 aromatic carbocycles. The van der Waals surface area contributed by atoms with Crippen LogP contribution < -0.4 is 0 Å². The zero-order chi connectivity index (χ0) is 10.8. The van der Waals surface area contributed by atoms with E-state index in [1.165, 1.54) is 0 Å². The topological polar surface area (TPSA) is 41.6 Å². The van der Waals surface area contributed by atoms with E-state index in [9.17, 15) is 4.39 Å². The van der Waals surface area contributed by atoms with Gasteiger partial charge in [0.25, 0.3) is 0 Å². The van der Waals surface area contributed by atoms with E-state index in [2.05, 4.69) is 15.0 Å². The number of imidazole rings is 1. The molecule has 3 nitrogen and oxygen atoms in total. The molecule has 0 amide bonds. The highest BCUT2D eigenvalue weighted by Crippen LogP contribution is 2.20. The van der Waals surface area contributed by atoms with Crippen LogP contribution in [0.5, 0.6) is 0 Å². The molecule has 0 saturated heterocycles. The maximum Gasteiger partial charge on any atom is 0.216 e. The molecule has 0 atom stereocenters. The number of nitrogens with zero attached hydrogens (tertiary/aromatic N) is 2. The molecule has 0 spiro atoms. The molecule has 0 bridgehead atoms. The van der Waals surface area contributed by atoms with Crippen molar-refractivity contribution in [2.24, 2.45) is 0 Å². The minimum atomic E-state index is -0.418. The highest BCUT2D eigenvalue weighted by atomic mass is 19.1. The van der Waals surface area contributed by atoms with Crippen molar-refractivity contribution < 1.29 is 4.39 Å². The zero-order valence-electron chi connectivity index (χ0n) is 8.66. The van der Waals surface area contributed by atoms with Crippen molar-refractivity contribution in [2.45, 2.75) is 19.8 Å². The second kappa shape index (κ2) is 3.81. The molecule has 2 heterocycles. The Morgan fingerprint density at radius 3 is 2.67 bits per heavy atom. The third kappa shape index (κ3) is 1.88. The summed E-state index contributed by atoms with van der Waals surface area (Å²) < 4.78 is 13.5. The smallest absolute Gasteiger partial charge is 0.216 e. The molecule has 0 radical (unpaired) electrons. The van der Waals surface area contributed by atoms with E-state index in [0.717, 1.165) is 0 Å². The fourth-order valence-corrected chi connectivity index (χ4v) is 1.41. The van der Waals surface area contributed by atoms with Gasteiger partial charge >= 0.3 is 0 Å². The third-order valence-corrected chi connectivity index (χ3v) is 2.24. The summed E-state index contributed by atoms with van der Waals surface area (Å²) >= 11 is 0. The van der Waals surface area contributed by atoms with Crippen molar-refractivity contribution >= 4 is 0 Å². The van der Waals surface area contributed by atoms with Crippen molar-refractivity contribution in [3.05, 3.63) is 36.0 Å². The van der Waals surface area contributed by atoms with Crippen LogP contribution in [0.15, 0.2) is 24.5 Å². The van der Waals surface area contributed by atoms with Crippen molar-refractivity contribution in [3.8, 4) is 11.5 Å². The molecular formula is C11H12FN3. The summed E-state index contributed by atoms with van der Waals surface area (Å²) in [5.41, 5.74) is 1.16. The molecule has 78 valence electrons. The van der Waals surface area contributed by atoms with Crippen LogP contribution in [0.3, 0.4) is 0 Å². The van der Waals surface area contributed by atoms with Gasteiger partial charge in [0.05, 0.1) is 0 Å². The van der Waals surface area contributed by atoms with Crippen LogP contribution in [0.4, 0.5) is 4.39 Å². The van der Waals surface area contributed by atoms with Crippen molar-refractivity contribution in [3.63, 3.8) is 0 Å². The first-order valence-electron chi connectivity index (χ1n) is 4.84. The molecular weight excluding hydrogens is 193 g/mol. The lowest BCUT2D eigenvalue weighted by molar-refractivity contribution is 0.558. The van der Waals surface area contributed by atoms with Crippen LogP contribution in [0.25, 0.3) is 11.5 Å². The summed E-state index contributed by atoms with van der Waals surface area (Å²) in [7, 11) is 0. The first-order valence-corrected chi connectivity index (χ1v) is 4.84. The van der Waals surface area contributed by atoms with Crippen molar-refractivity contribution in [1.82, 2.24) is 15.0 Å². The van der Waals surface area contributed by atoms with Crippen molar-refractivity contribution in [1.29, 1.82) is 0 Å². The highest BCUT2D eigenvalue weighted by Gasteiger charge is 2.10. The molecule has 0 aliphatic rings. The van der Waals surface area contributed by atoms with Gasteiger partial charge in [-0.3, -0.25) is 0 Å². The Kier molecular flexibility index (Phi) is 2.49. The Labute approximate surface area is 87.4 Å². The Hall–Kier alpha value is -1.71. The summed E-state index contributed by atoms with van der Waals surface area (Å²) in [6.45, 7) is 3.87. The molecule has 4 heteroatoms. The quantitative estimate of drug-likeness (QED) is 0.766. The van der Waals surface area contributed by atoms with Crippen LogP contribution >= 0.6 is 0 Å². The van der Waals surface area contributed by atoms with E-state index in [1.807, 2.05) is 13.8 Å². The monoisotopic (exact) mass is 205 g/mol. The molecule has 0 fully saturated rings. The Balaban J connectivity index is 2.42. The first-order chi connectivity index (χ1) is 7.18. The standard InChI is InChI=1S/C11H12FN3/c1-7(2)8-3-4-9(15-10(8)12)11-13-5-6-14-11/h3-7H,1-2H3,(H,13,14). The minimum absolute atomic E-state index is 0.142. The van der Waals surface area contributed by atoms with E-state index in [4.69, 9.17) is 0 Å². The fourth-order valence-electron chi connectivity index (χ4n) is 1.41. The maximum atomic E-state index is 13.5. The van der Waals surface area contributed by atoms with E-state index in [-0.39, 0.29) is 5.92 Å². The second-order valence-corrected chi connectivity index (χ2v) is 3.67. The van der Waals surface area contributed by atoms with E-state index < -0.39 is 5.95 Å². The van der Waals surface area contributed by atoms with Gasteiger partial charge in [-0.15, -0.1) is 0 Å².